The molecular formula is C26H29FN2O3S2. The van der Waals surface area contributed by atoms with E-state index in [9.17, 15) is 17.6 Å². The van der Waals surface area contributed by atoms with Gasteiger partial charge in [-0.25, -0.2) is 12.8 Å². The van der Waals surface area contributed by atoms with Crippen LogP contribution >= 0.6 is 11.3 Å². The van der Waals surface area contributed by atoms with Gasteiger partial charge in [0.15, 0.2) is 0 Å². The van der Waals surface area contributed by atoms with E-state index in [1.165, 1.54) is 33.9 Å². The number of carbonyl (C=O) groups is 1. The molecule has 180 valence electrons. The van der Waals surface area contributed by atoms with Crippen molar-refractivity contribution in [1.82, 2.24) is 9.21 Å². The van der Waals surface area contributed by atoms with Crippen molar-refractivity contribution in [3.05, 3.63) is 99.3 Å². The van der Waals surface area contributed by atoms with Crippen LogP contribution in [-0.4, -0.2) is 36.1 Å². The fraction of sp³-hybridized carbons (Fsp3) is 0.269. The molecule has 0 aliphatic carbocycles. The zero-order valence-corrected chi connectivity index (χ0v) is 20.9. The summed E-state index contributed by atoms with van der Waals surface area (Å²) in [5.41, 5.74) is 1.53. The average Bonchev–Trinajstić information content (AvgIpc) is 3.35. The summed E-state index contributed by atoms with van der Waals surface area (Å²) in [6.07, 6.45) is 2.10. The van der Waals surface area contributed by atoms with E-state index < -0.39 is 10.0 Å². The summed E-state index contributed by atoms with van der Waals surface area (Å²) < 4.78 is 41.0. The largest absolute Gasteiger partial charge is 0.332 e. The van der Waals surface area contributed by atoms with Crippen molar-refractivity contribution < 1.29 is 17.6 Å². The van der Waals surface area contributed by atoms with Crippen LogP contribution in [0.2, 0.25) is 0 Å². The molecule has 5 nitrogen and oxygen atoms in total. The summed E-state index contributed by atoms with van der Waals surface area (Å²) in [7, 11) is -3.84. The summed E-state index contributed by atoms with van der Waals surface area (Å²) >= 11 is 1.53. The van der Waals surface area contributed by atoms with Gasteiger partial charge in [-0.15, -0.1) is 11.3 Å². The molecule has 0 saturated heterocycles. The van der Waals surface area contributed by atoms with Gasteiger partial charge in [0.2, 0.25) is 15.9 Å². The number of hydrogen-bond donors (Lipinski definition) is 0. The lowest BCUT2D eigenvalue weighted by Crippen LogP contribution is -2.45. The van der Waals surface area contributed by atoms with Gasteiger partial charge in [-0.05, 0) is 54.1 Å². The third-order valence-electron chi connectivity index (χ3n) is 5.50. The molecule has 0 aliphatic heterocycles. The minimum Gasteiger partial charge on any atom is -0.332 e. The normalized spacial score (nSPS) is 12.8. The van der Waals surface area contributed by atoms with Crippen LogP contribution in [0.5, 0.6) is 0 Å². The number of amides is 1. The predicted octanol–water partition coefficient (Wildman–Crippen LogP) is 5.52. The van der Waals surface area contributed by atoms with Crippen molar-refractivity contribution in [1.29, 1.82) is 0 Å². The lowest BCUT2D eigenvalue weighted by Gasteiger charge is -2.29. The van der Waals surface area contributed by atoms with Crippen LogP contribution in [-0.2, 0) is 27.9 Å². The van der Waals surface area contributed by atoms with Crippen LogP contribution in [0.1, 0.15) is 36.3 Å². The second-order valence-corrected chi connectivity index (χ2v) is 10.8. The maximum absolute atomic E-state index is 13.4. The Balaban J connectivity index is 1.83. The topological polar surface area (TPSA) is 57.7 Å². The second kappa shape index (κ2) is 12.1. The highest BCUT2D eigenvalue weighted by Gasteiger charge is 2.29. The predicted molar refractivity (Wildman–Crippen MR) is 136 cm³/mol. The Morgan fingerprint density at radius 1 is 1.03 bits per heavy atom. The summed E-state index contributed by atoms with van der Waals surface area (Å²) in [4.78, 5) is 16.0. The number of sulfonamides is 1. The van der Waals surface area contributed by atoms with Gasteiger partial charge in [-0.3, -0.25) is 4.79 Å². The van der Waals surface area contributed by atoms with E-state index in [1.54, 1.807) is 24.0 Å². The minimum atomic E-state index is -3.84. The van der Waals surface area contributed by atoms with Crippen LogP contribution in [0.3, 0.4) is 0 Å². The number of rotatable bonds is 11. The molecule has 0 fully saturated rings. The fourth-order valence-electron chi connectivity index (χ4n) is 3.37. The zero-order chi connectivity index (χ0) is 24.6. The quantitative estimate of drug-likeness (QED) is 0.348. The monoisotopic (exact) mass is 500 g/mol. The molecule has 3 rings (SSSR count). The molecule has 1 aromatic heterocycles. The number of nitrogens with zero attached hydrogens (tertiary/aromatic N) is 2. The van der Waals surface area contributed by atoms with Gasteiger partial charge in [0.05, 0.1) is 13.1 Å². The molecule has 0 spiro atoms. The molecule has 8 heteroatoms. The van der Waals surface area contributed by atoms with Gasteiger partial charge < -0.3 is 4.90 Å². The Kier molecular flexibility index (Phi) is 9.15. The summed E-state index contributed by atoms with van der Waals surface area (Å²) in [5.74, 6) is -0.658. The van der Waals surface area contributed by atoms with Gasteiger partial charge in [0.25, 0.3) is 0 Å². The maximum Gasteiger partial charge on any atom is 0.238 e. The SMILES string of the molecule is CCC(C)N(CC(=O)N(Cc1ccc(F)cc1)Cc1cccs1)S(=O)(=O)C=Cc1ccccc1. The van der Waals surface area contributed by atoms with Gasteiger partial charge in [-0.1, -0.05) is 55.5 Å². The van der Waals surface area contributed by atoms with Crippen LogP contribution in [0.25, 0.3) is 6.08 Å². The van der Waals surface area contributed by atoms with E-state index in [0.717, 1.165) is 21.4 Å². The number of thiophene rings is 1. The lowest BCUT2D eigenvalue weighted by atomic mass is 10.2. The first-order chi connectivity index (χ1) is 16.3. The number of halogens is 1. The van der Waals surface area contributed by atoms with Crippen molar-refractivity contribution in [2.75, 3.05) is 6.54 Å². The van der Waals surface area contributed by atoms with Crippen LogP contribution in [0, 0.1) is 5.82 Å². The van der Waals surface area contributed by atoms with Crippen LogP contribution in [0.15, 0.2) is 77.5 Å². The first-order valence-electron chi connectivity index (χ1n) is 11.1. The summed E-state index contributed by atoms with van der Waals surface area (Å²) in [6.45, 7) is 4.02. The maximum atomic E-state index is 13.4. The minimum absolute atomic E-state index is 0.255. The van der Waals surface area contributed by atoms with Crippen molar-refractivity contribution in [2.24, 2.45) is 0 Å². The Labute approximate surface area is 205 Å². The molecule has 34 heavy (non-hydrogen) atoms. The molecule has 0 aliphatic rings. The Hall–Kier alpha value is -2.81. The highest BCUT2D eigenvalue weighted by molar-refractivity contribution is 7.92. The molecule has 1 amide bonds. The van der Waals surface area contributed by atoms with E-state index in [1.807, 2.05) is 54.8 Å². The molecular weight excluding hydrogens is 471 g/mol. The molecule has 1 unspecified atom stereocenters. The Bertz CT molecular complexity index is 1180. The lowest BCUT2D eigenvalue weighted by molar-refractivity contribution is -0.132. The van der Waals surface area contributed by atoms with E-state index in [0.29, 0.717) is 13.0 Å². The average molecular weight is 501 g/mol. The van der Waals surface area contributed by atoms with Crippen LogP contribution in [0.4, 0.5) is 4.39 Å². The summed E-state index contributed by atoms with van der Waals surface area (Å²) in [6, 6.07) is 18.6. The van der Waals surface area contributed by atoms with Crippen molar-refractivity contribution in [3.63, 3.8) is 0 Å². The first kappa shape index (κ1) is 25.8. The van der Waals surface area contributed by atoms with E-state index in [4.69, 9.17) is 0 Å². The molecule has 0 N–H and O–H groups in total. The number of carbonyl (C=O) groups excluding carboxylic acids is 1. The molecule has 1 atom stereocenters. The third-order valence-corrected chi connectivity index (χ3v) is 7.98. The first-order valence-corrected chi connectivity index (χ1v) is 13.5. The van der Waals surface area contributed by atoms with E-state index in [-0.39, 0.29) is 30.9 Å². The standard InChI is InChI=1S/C26H29FN2O3S2/c1-3-21(2)29(34(31,32)17-15-22-8-5-4-6-9-22)20-26(30)28(19-25-10-7-16-33-25)18-23-11-13-24(27)14-12-23/h4-17,21H,3,18-20H2,1-2H3. The molecule has 1 heterocycles. The molecule has 0 bridgehead atoms. The Morgan fingerprint density at radius 3 is 2.35 bits per heavy atom. The van der Waals surface area contributed by atoms with E-state index >= 15 is 0 Å². The smallest absolute Gasteiger partial charge is 0.238 e. The second-order valence-electron chi connectivity index (χ2n) is 8.02. The molecule has 0 radical (unpaired) electrons. The summed E-state index contributed by atoms with van der Waals surface area (Å²) in [5, 5.41) is 3.09. The van der Waals surface area contributed by atoms with Gasteiger partial charge >= 0.3 is 0 Å². The molecule has 3 aromatic rings. The number of hydrogen-bond acceptors (Lipinski definition) is 4. The highest BCUT2D eigenvalue weighted by atomic mass is 32.2. The Morgan fingerprint density at radius 2 is 1.74 bits per heavy atom. The number of benzene rings is 2. The van der Waals surface area contributed by atoms with Gasteiger partial charge in [0, 0.05) is 22.9 Å². The van der Waals surface area contributed by atoms with Crippen LogP contribution < -0.4 is 0 Å². The molecule has 2 aromatic carbocycles. The van der Waals surface area contributed by atoms with Crippen molar-refractivity contribution >= 4 is 33.3 Å². The van der Waals surface area contributed by atoms with Crippen molar-refractivity contribution in [3.8, 4) is 0 Å². The fourth-order valence-corrected chi connectivity index (χ4v) is 5.52. The van der Waals surface area contributed by atoms with Crippen molar-refractivity contribution in [2.45, 2.75) is 39.4 Å². The highest BCUT2D eigenvalue weighted by Crippen LogP contribution is 2.18. The molecule has 0 saturated carbocycles. The van der Waals surface area contributed by atoms with Gasteiger partial charge in [0.1, 0.15) is 5.82 Å². The zero-order valence-electron chi connectivity index (χ0n) is 19.3. The van der Waals surface area contributed by atoms with E-state index in [2.05, 4.69) is 0 Å². The van der Waals surface area contributed by atoms with Gasteiger partial charge in [-0.2, -0.15) is 4.31 Å². The third kappa shape index (κ3) is 7.35.